The number of imidazole rings is 1. The summed E-state index contributed by atoms with van der Waals surface area (Å²) in [5.41, 5.74) is 1.63. The largest absolute Gasteiger partial charge is 0.481 e. The number of nitrogens with one attached hydrogen (secondary N) is 1. The number of H-pyrrole nitrogens is 1. The molecular formula is C14H13N3OS. The molecule has 0 spiro atoms. The normalized spacial score (nSPS) is 10.8. The first-order chi connectivity index (χ1) is 9.35. The molecule has 0 atom stereocenters. The molecule has 0 bridgehead atoms. The van der Waals surface area contributed by atoms with Gasteiger partial charge in [0.2, 0.25) is 5.88 Å². The van der Waals surface area contributed by atoms with Crippen molar-refractivity contribution in [3.8, 4) is 5.88 Å². The maximum atomic E-state index is 5.09. The molecule has 19 heavy (non-hydrogen) atoms. The number of aromatic amines is 1. The maximum Gasteiger partial charge on any atom is 0.215 e. The zero-order chi connectivity index (χ0) is 13.1. The van der Waals surface area contributed by atoms with Gasteiger partial charge in [0, 0.05) is 11.0 Å². The molecule has 0 amide bonds. The molecule has 0 radical (unpaired) electrons. The van der Waals surface area contributed by atoms with E-state index >= 15 is 0 Å². The molecule has 1 aromatic carbocycles. The van der Waals surface area contributed by atoms with Crippen LogP contribution >= 0.6 is 11.8 Å². The highest BCUT2D eigenvalue weighted by Gasteiger charge is 2.05. The minimum atomic E-state index is 0.585. The fourth-order valence-electron chi connectivity index (χ4n) is 1.78. The van der Waals surface area contributed by atoms with E-state index in [1.807, 2.05) is 30.3 Å². The standard InChI is InChI=1S/C14H13N3OS/c1-18-13-8-7-11-14(17-13)16-12(15-11)9-19-10-5-3-2-4-6-10/h2-8H,9H2,1H3,(H,15,16,17). The van der Waals surface area contributed by atoms with E-state index in [1.165, 1.54) is 4.90 Å². The van der Waals surface area contributed by atoms with Gasteiger partial charge in [-0.15, -0.1) is 11.8 Å². The number of hydrogen-bond acceptors (Lipinski definition) is 4. The average molecular weight is 271 g/mol. The third kappa shape index (κ3) is 2.71. The van der Waals surface area contributed by atoms with Crippen LogP contribution in [-0.4, -0.2) is 22.1 Å². The Morgan fingerprint density at radius 3 is 2.74 bits per heavy atom. The van der Waals surface area contributed by atoms with Gasteiger partial charge in [-0.05, 0) is 18.2 Å². The van der Waals surface area contributed by atoms with Crippen LogP contribution in [-0.2, 0) is 5.75 Å². The Labute approximate surface area is 115 Å². The summed E-state index contributed by atoms with van der Waals surface area (Å²) in [7, 11) is 1.60. The zero-order valence-corrected chi connectivity index (χ0v) is 11.3. The lowest BCUT2D eigenvalue weighted by Gasteiger charge is -1.97. The number of hydrogen-bond donors (Lipinski definition) is 1. The summed E-state index contributed by atoms with van der Waals surface area (Å²) in [5, 5.41) is 0. The minimum Gasteiger partial charge on any atom is -0.481 e. The molecule has 2 aromatic heterocycles. The Morgan fingerprint density at radius 2 is 1.95 bits per heavy atom. The Balaban J connectivity index is 1.78. The number of ether oxygens (including phenoxy) is 1. The molecule has 0 saturated carbocycles. The van der Waals surface area contributed by atoms with Crippen LogP contribution in [0.5, 0.6) is 5.88 Å². The van der Waals surface area contributed by atoms with Crippen molar-refractivity contribution in [3.05, 3.63) is 48.3 Å². The summed E-state index contributed by atoms with van der Waals surface area (Å²) in [4.78, 5) is 13.3. The second kappa shape index (κ2) is 5.32. The summed E-state index contributed by atoms with van der Waals surface area (Å²) in [6.07, 6.45) is 0. The van der Waals surface area contributed by atoms with E-state index in [1.54, 1.807) is 18.9 Å². The summed E-state index contributed by atoms with van der Waals surface area (Å²) >= 11 is 1.75. The number of rotatable bonds is 4. The van der Waals surface area contributed by atoms with Crippen LogP contribution in [0.2, 0.25) is 0 Å². The number of nitrogens with zero attached hydrogens (tertiary/aromatic N) is 2. The first-order valence-corrected chi connectivity index (χ1v) is 6.91. The highest BCUT2D eigenvalue weighted by atomic mass is 32.2. The second-order valence-corrected chi connectivity index (χ2v) is 5.06. The fourth-order valence-corrected chi connectivity index (χ4v) is 2.57. The Hall–Kier alpha value is -2.01. The molecule has 0 unspecified atom stereocenters. The number of methoxy groups -OCH3 is 1. The van der Waals surface area contributed by atoms with Crippen molar-refractivity contribution in [2.75, 3.05) is 7.11 Å². The first kappa shape index (κ1) is 12.0. The molecule has 5 heteroatoms. The molecule has 0 fully saturated rings. The molecular weight excluding hydrogens is 258 g/mol. The van der Waals surface area contributed by atoms with E-state index in [0.717, 1.165) is 17.1 Å². The van der Waals surface area contributed by atoms with Gasteiger partial charge in [-0.3, -0.25) is 0 Å². The van der Waals surface area contributed by atoms with Crippen molar-refractivity contribution < 1.29 is 4.74 Å². The molecule has 0 aliphatic rings. The monoisotopic (exact) mass is 271 g/mol. The molecule has 0 saturated heterocycles. The van der Waals surface area contributed by atoms with Crippen molar-refractivity contribution in [1.29, 1.82) is 0 Å². The number of fused-ring (bicyclic) bond motifs is 1. The Bertz CT molecular complexity index is 681. The first-order valence-electron chi connectivity index (χ1n) is 5.92. The predicted octanol–water partition coefficient (Wildman–Crippen LogP) is 3.26. The highest BCUT2D eigenvalue weighted by Crippen LogP contribution is 2.22. The molecule has 96 valence electrons. The van der Waals surface area contributed by atoms with Gasteiger partial charge in [0.25, 0.3) is 0 Å². The van der Waals surface area contributed by atoms with Crippen LogP contribution in [0.3, 0.4) is 0 Å². The topological polar surface area (TPSA) is 50.8 Å². The van der Waals surface area contributed by atoms with Gasteiger partial charge in [-0.25, -0.2) is 4.98 Å². The summed E-state index contributed by atoms with van der Waals surface area (Å²) in [6, 6.07) is 14.0. The maximum absolute atomic E-state index is 5.09. The van der Waals surface area contributed by atoms with Crippen molar-refractivity contribution in [2.24, 2.45) is 0 Å². The van der Waals surface area contributed by atoms with Crippen LogP contribution < -0.4 is 4.74 Å². The minimum absolute atomic E-state index is 0.585. The molecule has 0 aliphatic heterocycles. The van der Waals surface area contributed by atoms with Gasteiger partial charge in [-0.2, -0.15) is 4.98 Å². The average Bonchev–Trinajstić information content (AvgIpc) is 2.88. The summed E-state index contributed by atoms with van der Waals surface area (Å²) in [5.74, 6) is 2.30. The number of pyridine rings is 1. The number of thioether (sulfide) groups is 1. The lowest BCUT2D eigenvalue weighted by molar-refractivity contribution is 0.399. The van der Waals surface area contributed by atoms with Crippen LogP contribution in [0.15, 0.2) is 47.4 Å². The molecule has 3 rings (SSSR count). The molecule has 0 aliphatic carbocycles. The second-order valence-electron chi connectivity index (χ2n) is 4.01. The van der Waals surface area contributed by atoms with Crippen LogP contribution in [0.4, 0.5) is 0 Å². The van der Waals surface area contributed by atoms with Gasteiger partial charge in [0.1, 0.15) is 5.82 Å². The molecule has 4 nitrogen and oxygen atoms in total. The quantitative estimate of drug-likeness (QED) is 0.740. The van der Waals surface area contributed by atoms with E-state index in [9.17, 15) is 0 Å². The fraction of sp³-hybridized carbons (Fsp3) is 0.143. The highest BCUT2D eigenvalue weighted by molar-refractivity contribution is 7.98. The van der Waals surface area contributed by atoms with E-state index in [2.05, 4.69) is 27.1 Å². The van der Waals surface area contributed by atoms with Gasteiger partial charge in [0.15, 0.2) is 5.65 Å². The van der Waals surface area contributed by atoms with E-state index in [-0.39, 0.29) is 0 Å². The molecule has 2 heterocycles. The summed E-state index contributed by atoms with van der Waals surface area (Å²) < 4.78 is 5.09. The van der Waals surface area contributed by atoms with Crippen molar-refractivity contribution in [1.82, 2.24) is 15.0 Å². The third-order valence-corrected chi connectivity index (χ3v) is 3.72. The van der Waals surface area contributed by atoms with Gasteiger partial charge in [0.05, 0.1) is 18.4 Å². The van der Waals surface area contributed by atoms with E-state index in [4.69, 9.17) is 4.74 Å². The zero-order valence-electron chi connectivity index (χ0n) is 10.5. The predicted molar refractivity (Wildman–Crippen MR) is 76.4 cm³/mol. The lowest BCUT2D eigenvalue weighted by Crippen LogP contribution is -1.86. The number of benzene rings is 1. The third-order valence-electron chi connectivity index (χ3n) is 2.70. The molecule has 1 N–H and O–H groups in total. The summed E-state index contributed by atoms with van der Waals surface area (Å²) in [6.45, 7) is 0. The van der Waals surface area contributed by atoms with Gasteiger partial charge in [-0.1, -0.05) is 18.2 Å². The molecule has 3 aromatic rings. The Morgan fingerprint density at radius 1 is 1.11 bits per heavy atom. The van der Waals surface area contributed by atoms with Gasteiger partial charge >= 0.3 is 0 Å². The smallest absolute Gasteiger partial charge is 0.215 e. The van der Waals surface area contributed by atoms with Crippen molar-refractivity contribution >= 4 is 22.9 Å². The van der Waals surface area contributed by atoms with Crippen molar-refractivity contribution in [2.45, 2.75) is 10.6 Å². The van der Waals surface area contributed by atoms with Gasteiger partial charge < -0.3 is 9.72 Å². The lowest BCUT2D eigenvalue weighted by atomic mass is 10.4. The SMILES string of the molecule is COc1ccc2[nH]c(CSc3ccccc3)nc2n1. The Kier molecular flexibility index (Phi) is 3.37. The van der Waals surface area contributed by atoms with Crippen LogP contribution in [0, 0.1) is 0 Å². The van der Waals surface area contributed by atoms with Crippen LogP contribution in [0.1, 0.15) is 5.82 Å². The van der Waals surface area contributed by atoms with Crippen molar-refractivity contribution in [3.63, 3.8) is 0 Å². The van der Waals surface area contributed by atoms with E-state index in [0.29, 0.717) is 11.5 Å². The van der Waals surface area contributed by atoms with E-state index < -0.39 is 0 Å². The number of aromatic nitrogens is 3. The van der Waals surface area contributed by atoms with Crippen LogP contribution in [0.25, 0.3) is 11.2 Å².